The van der Waals surface area contributed by atoms with E-state index in [0.717, 1.165) is 32.5 Å². The molecule has 5 heteroatoms. The first-order chi connectivity index (χ1) is 7.75. The quantitative estimate of drug-likeness (QED) is 0.837. The fourth-order valence-corrected chi connectivity index (χ4v) is 2.62. The predicted molar refractivity (Wildman–Crippen MR) is 65.3 cm³/mol. The molecular formula is C11H17N3OS. The van der Waals surface area contributed by atoms with Gasteiger partial charge < -0.3 is 16.0 Å². The highest BCUT2D eigenvalue weighted by Crippen LogP contribution is 2.12. The first-order valence-corrected chi connectivity index (χ1v) is 6.44. The minimum absolute atomic E-state index is 0.295. The molecule has 0 atom stereocenters. The average molecular weight is 239 g/mol. The van der Waals surface area contributed by atoms with Gasteiger partial charge in [-0.3, -0.25) is 0 Å². The Morgan fingerprint density at radius 2 is 2.31 bits per heavy atom. The number of piperidine rings is 1. The van der Waals surface area contributed by atoms with Gasteiger partial charge in [0.2, 0.25) is 0 Å². The van der Waals surface area contributed by atoms with E-state index in [1.165, 1.54) is 4.88 Å². The van der Waals surface area contributed by atoms with Crippen molar-refractivity contribution in [1.82, 2.24) is 10.2 Å². The predicted octanol–water partition coefficient (Wildman–Crippen LogP) is 1.38. The van der Waals surface area contributed by atoms with Crippen LogP contribution in [0.1, 0.15) is 17.7 Å². The van der Waals surface area contributed by atoms with E-state index >= 15 is 0 Å². The Kier molecular flexibility index (Phi) is 3.79. The zero-order valence-corrected chi connectivity index (χ0v) is 10.0. The topological polar surface area (TPSA) is 58.4 Å². The number of amides is 2. The fraction of sp³-hybridized carbons (Fsp3) is 0.545. The first-order valence-electron chi connectivity index (χ1n) is 5.56. The number of nitrogens with two attached hydrogens (primary N) is 1. The number of likely N-dealkylation sites (tertiary alicyclic amines) is 1. The standard InChI is InChI=1S/C11H17N3OS/c12-11(15)14-5-3-9(4-6-14)13-8-10-2-1-7-16-10/h1-2,7,9,13H,3-6,8H2,(H2,12,15). The van der Waals surface area contributed by atoms with Crippen LogP contribution in [0.15, 0.2) is 17.5 Å². The molecule has 0 spiro atoms. The third-order valence-electron chi connectivity index (χ3n) is 2.95. The van der Waals surface area contributed by atoms with Crippen molar-refractivity contribution in [2.75, 3.05) is 13.1 Å². The van der Waals surface area contributed by atoms with Crippen molar-refractivity contribution >= 4 is 17.4 Å². The van der Waals surface area contributed by atoms with Gasteiger partial charge >= 0.3 is 6.03 Å². The Bertz CT molecular complexity index is 331. The smallest absolute Gasteiger partial charge is 0.314 e. The zero-order valence-electron chi connectivity index (χ0n) is 9.19. The number of rotatable bonds is 3. The minimum atomic E-state index is -0.295. The second-order valence-corrected chi connectivity index (χ2v) is 5.09. The number of hydrogen-bond donors (Lipinski definition) is 2. The lowest BCUT2D eigenvalue weighted by Crippen LogP contribution is -2.46. The second-order valence-electron chi connectivity index (χ2n) is 4.06. The maximum Gasteiger partial charge on any atom is 0.314 e. The maximum atomic E-state index is 10.9. The molecule has 88 valence electrons. The Morgan fingerprint density at radius 1 is 1.56 bits per heavy atom. The lowest BCUT2D eigenvalue weighted by atomic mass is 10.1. The third-order valence-corrected chi connectivity index (χ3v) is 3.83. The molecule has 0 aromatic carbocycles. The van der Waals surface area contributed by atoms with Crippen molar-refractivity contribution in [2.45, 2.75) is 25.4 Å². The van der Waals surface area contributed by atoms with Crippen LogP contribution < -0.4 is 11.1 Å². The molecule has 0 unspecified atom stereocenters. The number of primary amides is 1. The van der Waals surface area contributed by atoms with Gasteiger partial charge in [0.15, 0.2) is 0 Å². The Balaban J connectivity index is 1.71. The maximum absolute atomic E-state index is 10.9. The SMILES string of the molecule is NC(=O)N1CCC(NCc2cccs2)CC1. The molecule has 0 saturated carbocycles. The Hall–Kier alpha value is -1.07. The minimum Gasteiger partial charge on any atom is -0.351 e. The van der Waals surface area contributed by atoms with Crippen molar-refractivity contribution in [3.05, 3.63) is 22.4 Å². The molecule has 2 amide bonds. The van der Waals surface area contributed by atoms with Crippen molar-refractivity contribution in [3.8, 4) is 0 Å². The van der Waals surface area contributed by atoms with Gasteiger partial charge in [-0.05, 0) is 24.3 Å². The third kappa shape index (κ3) is 2.96. The number of urea groups is 1. The number of nitrogens with one attached hydrogen (secondary N) is 1. The number of carbonyl (C=O) groups is 1. The van der Waals surface area contributed by atoms with E-state index in [2.05, 4.69) is 22.8 Å². The van der Waals surface area contributed by atoms with E-state index in [9.17, 15) is 4.79 Å². The van der Waals surface area contributed by atoms with Gasteiger partial charge in [0, 0.05) is 30.6 Å². The summed E-state index contributed by atoms with van der Waals surface area (Å²) in [6, 6.07) is 4.42. The summed E-state index contributed by atoms with van der Waals surface area (Å²) in [5, 5.41) is 5.61. The van der Waals surface area contributed by atoms with Gasteiger partial charge in [0.25, 0.3) is 0 Å². The lowest BCUT2D eigenvalue weighted by molar-refractivity contribution is 0.185. The molecule has 0 bridgehead atoms. The number of carbonyl (C=O) groups excluding carboxylic acids is 1. The summed E-state index contributed by atoms with van der Waals surface area (Å²) in [7, 11) is 0. The average Bonchev–Trinajstić information content (AvgIpc) is 2.80. The van der Waals surface area contributed by atoms with Gasteiger partial charge in [0.1, 0.15) is 0 Å². The number of nitrogens with zero attached hydrogens (tertiary/aromatic N) is 1. The summed E-state index contributed by atoms with van der Waals surface area (Å²) in [6.45, 7) is 2.48. The van der Waals surface area contributed by atoms with Gasteiger partial charge in [-0.15, -0.1) is 11.3 Å². The van der Waals surface area contributed by atoms with Crippen molar-refractivity contribution < 1.29 is 4.79 Å². The van der Waals surface area contributed by atoms with Crippen LogP contribution in [0.4, 0.5) is 4.79 Å². The van der Waals surface area contributed by atoms with Crippen molar-refractivity contribution in [1.29, 1.82) is 0 Å². The zero-order chi connectivity index (χ0) is 11.4. The second kappa shape index (κ2) is 5.32. The van der Waals surface area contributed by atoms with Gasteiger partial charge in [0.05, 0.1) is 0 Å². The molecule has 1 saturated heterocycles. The summed E-state index contributed by atoms with van der Waals surface area (Å²) >= 11 is 1.77. The molecule has 1 aliphatic rings. The van der Waals surface area contributed by atoms with E-state index in [-0.39, 0.29) is 6.03 Å². The van der Waals surface area contributed by atoms with Crippen LogP contribution in [-0.4, -0.2) is 30.1 Å². The molecule has 1 aromatic rings. The highest BCUT2D eigenvalue weighted by Gasteiger charge is 2.20. The molecule has 1 aliphatic heterocycles. The monoisotopic (exact) mass is 239 g/mol. The van der Waals surface area contributed by atoms with Crippen LogP contribution in [0.5, 0.6) is 0 Å². The van der Waals surface area contributed by atoms with E-state index < -0.39 is 0 Å². The Morgan fingerprint density at radius 3 is 2.88 bits per heavy atom. The van der Waals surface area contributed by atoms with Crippen molar-refractivity contribution in [2.24, 2.45) is 5.73 Å². The van der Waals surface area contributed by atoms with E-state index in [4.69, 9.17) is 5.73 Å². The van der Waals surface area contributed by atoms with Crippen LogP contribution in [0, 0.1) is 0 Å². The lowest BCUT2D eigenvalue weighted by Gasteiger charge is -2.31. The molecule has 2 rings (SSSR count). The molecule has 1 aromatic heterocycles. The van der Waals surface area contributed by atoms with E-state index in [1.807, 2.05) is 0 Å². The molecule has 0 aliphatic carbocycles. The normalized spacial score (nSPS) is 17.6. The van der Waals surface area contributed by atoms with Gasteiger partial charge in [-0.2, -0.15) is 0 Å². The molecule has 2 heterocycles. The summed E-state index contributed by atoms with van der Waals surface area (Å²) < 4.78 is 0. The summed E-state index contributed by atoms with van der Waals surface area (Å²) in [5.74, 6) is 0. The number of hydrogen-bond acceptors (Lipinski definition) is 3. The Labute approximate surface area is 99.4 Å². The molecule has 0 radical (unpaired) electrons. The van der Waals surface area contributed by atoms with Gasteiger partial charge in [-0.25, -0.2) is 4.79 Å². The summed E-state index contributed by atoms with van der Waals surface area (Å²) in [5.41, 5.74) is 5.23. The summed E-state index contributed by atoms with van der Waals surface area (Å²) in [4.78, 5) is 14.0. The molecule has 16 heavy (non-hydrogen) atoms. The van der Waals surface area contributed by atoms with Crippen LogP contribution in [0.2, 0.25) is 0 Å². The molecule has 4 nitrogen and oxygen atoms in total. The number of thiophene rings is 1. The molecular weight excluding hydrogens is 222 g/mol. The van der Waals surface area contributed by atoms with Crippen molar-refractivity contribution in [3.63, 3.8) is 0 Å². The van der Waals surface area contributed by atoms with E-state index in [1.54, 1.807) is 16.2 Å². The molecule has 1 fully saturated rings. The van der Waals surface area contributed by atoms with Crippen LogP contribution in [0.3, 0.4) is 0 Å². The fourth-order valence-electron chi connectivity index (χ4n) is 1.96. The first kappa shape index (κ1) is 11.4. The highest BCUT2D eigenvalue weighted by molar-refractivity contribution is 7.09. The van der Waals surface area contributed by atoms with Crippen LogP contribution in [-0.2, 0) is 6.54 Å². The van der Waals surface area contributed by atoms with Crippen LogP contribution in [0.25, 0.3) is 0 Å². The highest BCUT2D eigenvalue weighted by atomic mass is 32.1. The largest absolute Gasteiger partial charge is 0.351 e. The molecule has 3 N–H and O–H groups in total. The van der Waals surface area contributed by atoms with E-state index in [0.29, 0.717) is 6.04 Å². The summed E-state index contributed by atoms with van der Waals surface area (Å²) in [6.07, 6.45) is 1.99. The van der Waals surface area contributed by atoms with Crippen LogP contribution >= 0.6 is 11.3 Å². The van der Waals surface area contributed by atoms with Gasteiger partial charge in [-0.1, -0.05) is 6.07 Å².